The molecule has 1 aromatic heterocycles. The highest BCUT2D eigenvalue weighted by molar-refractivity contribution is 6.30. The van der Waals surface area contributed by atoms with Gasteiger partial charge in [0.25, 0.3) is 0 Å². The second kappa shape index (κ2) is 5.71. The van der Waals surface area contributed by atoms with Gasteiger partial charge in [0.2, 0.25) is 0 Å². The van der Waals surface area contributed by atoms with Crippen molar-refractivity contribution in [2.24, 2.45) is 0 Å². The van der Waals surface area contributed by atoms with E-state index in [0.717, 1.165) is 5.56 Å². The van der Waals surface area contributed by atoms with Crippen LogP contribution in [0.15, 0.2) is 42.6 Å². The third kappa shape index (κ3) is 3.12. The molecule has 0 spiro atoms. The molecule has 0 fully saturated rings. The van der Waals surface area contributed by atoms with Crippen LogP contribution in [0.1, 0.15) is 11.7 Å². The van der Waals surface area contributed by atoms with Crippen LogP contribution in [-0.2, 0) is 0 Å². The molecule has 0 aliphatic carbocycles. The van der Waals surface area contributed by atoms with Crippen LogP contribution in [0.25, 0.3) is 0 Å². The van der Waals surface area contributed by atoms with Gasteiger partial charge in [0.15, 0.2) is 0 Å². The lowest BCUT2D eigenvalue weighted by atomic mass is 10.1. The van der Waals surface area contributed by atoms with Crippen molar-refractivity contribution in [1.29, 1.82) is 0 Å². The van der Waals surface area contributed by atoms with Crippen LogP contribution in [-0.4, -0.2) is 16.6 Å². The Bertz CT molecular complexity index is 519. The zero-order valence-corrected chi connectivity index (χ0v) is 10.4. The van der Waals surface area contributed by atoms with Crippen LogP contribution >= 0.6 is 11.6 Å². The number of rotatable bonds is 4. The minimum atomic E-state index is -0.608. The first-order valence-electron chi connectivity index (χ1n) is 5.54. The molecule has 4 nitrogen and oxygen atoms in total. The highest BCUT2D eigenvalue weighted by Crippen LogP contribution is 2.20. The monoisotopic (exact) mass is 263 g/mol. The van der Waals surface area contributed by atoms with E-state index in [1.54, 1.807) is 6.07 Å². The maximum absolute atomic E-state index is 9.97. The first-order chi connectivity index (χ1) is 8.66. The summed E-state index contributed by atoms with van der Waals surface area (Å²) in [5.41, 5.74) is 7.06. The maximum atomic E-state index is 9.97. The summed E-state index contributed by atoms with van der Waals surface area (Å²) in [6.45, 7) is 0.336. The summed E-state index contributed by atoms with van der Waals surface area (Å²) in [5.74, 6) is 0.523. The molecule has 1 aromatic carbocycles. The lowest BCUT2D eigenvalue weighted by Gasteiger charge is -2.13. The minimum Gasteiger partial charge on any atom is -0.396 e. The number of hydrogen-bond acceptors (Lipinski definition) is 4. The number of pyridine rings is 1. The van der Waals surface area contributed by atoms with Crippen LogP contribution in [0.5, 0.6) is 0 Å². The number of aromatic nitrogens is 1. The molecule has 0 saturated heterocycles. The van der Waals surface area contributed by atoms with Gasteiger partial charge in [-0.05, 0) is 11.6 Å². The molecule has 0 saturated carbocycles. The van der Waals surface area contributed by atoms with Gasteiger partial charge >= 0.3 is 0 Å². The number of aliphatic hydroxyl groups excluding tert-OH is 1. The van der Waals surface area contributed by atoms with E-state index < -0.39 is 6.10 Å². The fourth-order valence-electron chi connectivity index (χ4n) is 1.59. The van der Waals surface area contributed by atoms with E-state index in [1.807, 2.05) is 30.3 Å². The molecule has 5 heteroatoms. The summed E-state index contributed by atoms with van der Waals surface area (Å²) >= 11 is 5.76. The number of nitrogen functional groups attached to an aromatic ring is 1. The van der Waals surface area contributed by atoms with Gasteiger partial charge in [0.05, 0.1) is 16.8 Å². The highest BCUT2D eigenvalue weighted by atomic mass is 35.5. The number of benzene rings is 1. The van der Waals surface area contributed by atoms with Crippen molar-refractivity contribution in [2.75, 3.05) is 17.6 Å². The standard InChI is InChI=1S/C13H14ClN3O/c14-10-6-11(15)13(16-7-10)17-8-12(18)9-4-2-1-3-5-9/h1-7,12,18H,8,15H2,(H,16,17). The number of aliphatic hydroxyl groups is 1. The Morgan fingerprint density at radius 2 is 2.06 bits per heavy atom. The highest BCUT2D eigenvalue weighted by Gasteiger charge is 2.08. The summed E-state index contributed by atoms with van der Waals surface area (Å²) in [5, 5.41) is 13.5. The molecule has 4 N–H and O–H groups in total. The zero-order chi connectivity index (χ0) is 13.0. The third-order valence-corrected chi connectivity index (χ3v) is 2.74. The van der Waals surface area contributed by atoms with Crippen molar-refractivity contribution < 1.29 is 5.11 Å². The first kappa shape index (κ1) is 12.7. The Kier molecular flexibility index (Phi) is 4.02. The molecule has 94 valence electrons. The van der Waals surface area contributed by atoms with Gasteiger partial charge in [-0.15, -0.1) is 0 Å². The van der Waals surface area contributed by atoms with E-state index >= 15 is 0 Å². The van der Waals surface area contributed by atoms with E-state index in [1.165, 1.54) is 6.20 Å². The smallest absolute Gasteiger partial charge is 0.149 e. The average molecular weight is 264 g/mol. The molecule has 0 aliphatic heterocycles. The molecule has 18 heavy (non-hydrogen) atoms. The van der Waals surface area contributed by atoms with E-state index in [0.29, 0.717) is 23.1 Å². The SMILES string of the molecule is Nc1cc(Cl)cnc1NCC(O)c1ccccc1. The molecule has 2 aromatic rings. The van der Waals surface area contributed by atoms with E-state index in [-0.39, 0.29) is 0 Å². The average Bonchev–Trinajstić information content (AvgIpc) is 2.38. The Morgan fingerprint density at radius 3 is 2.72 bits per heavy atom. The number of anilines is 2. The van der Waals surface area contributed by atoms with Gasteiger partial charge in [0, 0.05) is 12.7 Å². The number of hydrogen-bond donors (Lipinski definition) is 3. The third-order valence-electron chi connectivity index (χ3n) is 2.53. The summed E-state index contributed by atoms with van der Waals surface area (Å²) in [7, 11) is 0. The van der Waals surface area contributed by atoms with E-state index in [2.05, 4.69) is 10.3 Å². The summed E-state index contributed by atoms with van der Waals surface area (Å²) in [6, 6.07) is 11.0. The van der Waals surface area contributed by atoms with Gasteiger partial charge in [0.1, 0.15) is 5.82 Å². The second-order valence-corrected chi connectivity index (χ2v) is 4.34. The fraction of sp³-hybridized carbons (Fsp3) is 0.154. The van der Waals surface area contributed by atoms with Crippen molar-refractivity contribution in [2.45, 2.75) is 6.10 Å². The Hall–Kier alpha value is -1.78. The van der Waals surface area contributed by atoms with Crippen molar-refractivity contribution in [3.05, 3.63) is 53.2 Å². The van der Waals surface area contributed by atoms with Crippen molar-refractivity contribution in [1.82, 2.24) is 4.98 Å². The Balaban J connectivity index is 1.99. The molecule has 1 heterocycles. The number of halogens is 1. The van der Waals surface area contributed by atoms with Gasteiger partial charge < -0.3 is 16.2 Å². The molecule has 1 unspecified atom stereocenters. The van der Waals surface area contributed by atoms with Crippen molar-refractivity contribution in [3.63, 3.8) is 0 Å². The van der Waals surface area contributed by atoms with E-state index in [9.17, 15) is 5.11 Å². The van der Waals surface area contributed by atoms with E-state index in [4.69, 9.17) is 17.3 Å². The molecule has 0 bridgehead atoms. The summed E-state index contributed by atoms with van der Waals surface area (Å²) in [4.78, 5) is 4.06. The van der Waals surface area contributed by atoms with Gasteiger partial charge in [-0.1, -0.05) is 41.9 Å². The number of nitrogens with two attached hydrogens (primary N) is 1. The van der Waals surface area contributed by atoms with Crippen LogP contribution < -0.4 is 11.1 Å². The van der Waals surface area contributed by atoms with Crippen LogP contribution in [0, 0.1) is 0 Å². The largest absolute Gasteiger partial charge is 0.396 e. The lowest BCUT2D eigenvalue weighted by molar-refractivity contribution is 0.191. The Morgan fingerprint density at radius 1 is 1.33 bits per heavy atom. The number of nitrogens with zero attached hydrogens (tertiary/aromatic N) is 1. The van der Waals surface area contributed by atoms with Gasteiger partial charge in [-0.25, -0.2) is 4.98 Å². The van der Waals surface area contributed by atoms with Gasteiger partial charge in [-0.2, -0.15) is 0 Å². The molecule has 1 atom stereocenters. The first-order valence-corrected chi connectivity index (χ1v) is 5.92. The number of nitrogens with one attached hydrogen (secondary N) is 1. The van der Waals surface area contributed by atoms with Crippen LogP contribution in [0.4, 0.5) is 11.5 Å². The second-order valence-electron chi connectivity index (χ2n) is 3.90. The zero-order valence-electron chi connectivity index (χ0n) is 9.68. The molecule has 0 amide bonds. The molecule has 0 radical (unpaired) electrons. The summed E-state index contributed by atoms with van der Waals surface area (Å²) < 4.78 is 0. The predicted octanol–water partition coefficient (Wildman–Crippen LogP) is 2.46. The normalized spacial score (nSPS) is 12.1. The quantitative estimate of drug-likeness (QED) is 0.792. The Labute approximate surface area is 110 Å². The van der Waals surface area contributed by atoms with Crippen molar-refractivity contribution >= 4 is 23.1 Å². The van der Waals surface area contributed by atoms with Crippen LogP contribution in [0.2, 0.25) is 5.02 Å². The van der Waals surface area contributed by atoms with Crippen LogP contribution in [0.3, 0.4) is 0 Å². The van der Waals surface area contributed by atoms with Gasteiger partial charge in [-0.3, -0.25) is 0 Å². The topological polar surface area (TPSA) is 71.2 Å². The molecular weight excluding hydrogens is 250 g/mol. The minimum absolute atomic E-state index is 0.336. The maximum Gasteiger partial charge on any atom is 0.149 e. The molecule has 0 aliphatic rings. The molecule has 2 rings (SSSR count). The predicted molar refractivity (Wildman–Crippen MR) is 73.6 cm³/mol. The fourth-order valence-corrected chi connectivity index (χ4v) is 1.76. The molecular formula is C13H14ClN3O. The van der Waals surface area contributed by atoms with Crippen molar-refractivity contribution in [3.8, 4) is 0 Å². The lowest BCUT2D eigenvalue weighted by Crippen LogP contribution is -2.14. The summed E-state index contributed by atoms with van der Waals surface area (Å²) in [6.07, 6.45) is 0.901.